The number of hydrogen-bond donors (Lipinski definition) is 2. The molecule has 2 N–H and O–H groups in total. The standard InChI is InChI=1S/C21H18BrN3O/c1-13(26)24-19(11-14-5-3-2-4-6-14)21-20-17(9-10-23-21)16-8-7-15(22)12-18(16)25-20/h2-10,12,19,25H,11H2,1H3,(H,24,26)/t19-/m1/s1. The van der Waals surface area contributed by atoms with Crippen LogP contribution in [0.15, 0.2) is 65.3 Å². The van der Waals surface area contributed by atoms with Crippen molar-refractivity contribution in [3.8, 4) is 0 Å². The Morgan fingerprint density at radius 2 is 1.96 bits per heavy atom. The molecule has 0 spiro atoms. The van der Waals surface area contributed by atoms with Crippen molar-refractivity contribution in [1.29, 1.82) is 0 Å². The molecule has 4 nitrogen and oxygen atoms in total. The number of carbonyl (C=O) groups is 1. The van der Waals surface area contributed by atoms with E-state index >= 15 is 0 Å². The number of fused-ring (bicyclic) bond motifs is 3. The minimum Gasteiger partial charge on any atom is -0.353 e. The van der Waals surface area contributed by atoms with Crippen molar-refractivity contribution in [2.45, 2.75) is 19.4 Å². The highest BCUT2D eigenvalue weighted by atomic mass is 79.9. The van der Waals surface area contributed by atoms with Gasteiger partial charge in [0.25, 0.3) is 0 Å². The van der Waals surface area contributed by atoms with Crippen LogP contribution >= 0.6 is 15.9 Å². The maximum atomic E-state index is 11.8. The Morgan fingerprint density at radius 1 is 1.15 bits per heavy atom. The molecule has 26 heavy (non-hydrogen) atoms. The summed E-state index contributed by atoms with van der Waals surface area (Å²) >= 11 is 3.52. The Balaban J connectivity index is 1.85. The van der Waals surface area contributed by atoms with E-state index < -0.39 is 0 Å². The summed E-state index contributed by atoms with van der Waals surface area (Å²) in [5, 5.41) is 5.32. The number of pyridine rings is 1. The number of hydrogen-bond acceptors (Lipinski definition) is 2. The summed E-state index contributed by atoms with van der Waals surface area (Å²) in [6.07, 6.45) is 2.50. The molecule has 0 saturated heterocycles. The summed E-state index contributed by atoms with van der Waals surface area (Å²) in [6, 6.07) is 18.1. The molecule has 1 amide bonds. The average Bonchev–Trinajstić information content (AvgIpc) is 2.99. The summed E-state index contributed by atoms with van der Waals surface area (Å²) in [5.41, 5.74) is 4.03. The minimum absolute atomic E-state index is 0.0661. The highest BCUT2D eigenvalue weighted by Crippen LogP contribution is 2.31. The van der Waals surface area contributed by atoms with Crippen molar-refractivity contribution in [2.75, 3.05) is 0 Å². The fraction of sp³-hybridized carbons (Fsp3) is 0.143. The zero-order valence-corrected chi connectivity index (χ0v) is 15.9. The summed E-state index contributed by atoms with van der Waals surface area (Å²) in [5.74, 6) is -0.0661. The van der Waals surface area contributed by atoms with Crippen molar-refractivity contribution in [1.82, 2.24) is 15.3 Å². The van der Waals surface area contributed by atoms with Gasteiger partial charge in [-0.25, -0.2) is 0 Å². The number of benzene rings is 2. The second kappa shape index (κ2) is 6.92. The minimum atomic E-state index is -0.199. The Hall–Kier alpha value is -2.66. The van der Waals surface area contributed by atoms with Gasteiger partial charge in [0.05, 0.1) is 17.3 Å². The van der Waals surface area contributed by atoms with Crippen molar-refractivity contribution in [3.63, 3.8) is 0 Å². The molecule has 0 aliphatic heterocycles. The number of aromatic nitrogens is 2. The smallest absolute Gasteiger partial charge is 0.217 e. The van der Waals surface area contributed by atoms with Crippen LogP contribution in [0.4, 0.5) is 0 Å². The van der Waals surface area contributed by atoms with Gasteiger partial charge in [0.2, 0.25) is 5.91 Å². The topological polar surface area (TPSA) is 57.8 Å². The third kappa shape index (κ3) is 3.22. The molecule has 4 aromatic rings. The Morgan fingerprint density at radius 3 is 2.73 bits per heavy atom. The van der Waals surface area contributed by atoms with Crippen LogP contribution in [0.25, 0.3) is 21.8 Å². The zero-order chi connectivity index (χ0) is 18.1. The molecule has 2 aromatic carbocycles. The number of amides is 1. The number of H-pyrrole nitrogens is 1. The molecule has 5 heteroatoms. The van der Waals surface area contributed by atoms with E-state index in [-0.39, 0.29) is 11.9 Å². The number of carbonyl (C=O) groups excluding carboxylic acids is 1. The SMILES string of the molecule is CC(=O)N[C@H](Cc1ccccc1)c1nccc2c1[nH]c1cc(Br)ccc12. The third-order valence-corrected chi connectivity index (χ3v) is 5.00. The van der Waals surface area contributed by atoms with Gasteiger partial charge in [-0.1, -0.05) is 52.3 Å². The number of rotatable bonds is 4. The first-order valence-corrected chi connectivity index (χ1v) is 9.28. The van der Waals surface area contributed by atoms with Crippen LogP contribution < -0.4 is 5.32 Å². The molecule has 4 rings (SSSR count). The number of nitrogens with one attached hydrogen (secondary N) is 2. The van der Waals surface area contributed by atoms with Gasteiger partial charge in [-0.15, -0.1) is 0 Å². The number of nitrogens with zero attached hydrogens (tertiary/aromatic N) is 1. The molecular formula is C21H18BrN3O. The second-order valence-electron chi connectivity index (χ2n) is 6.38. The van der Waals surface area contributed by atoms with Gasteiger partial charge >= 0.3 is 0 Å². The van der Waals surface area contributed by atoms with Crippen LogP contribution in [0.2, 0.25) is 0 Å². The molecule has 2 heterocycles. The zero-order valence-electron chi connectivity index (χ0n) is 14.3. The number of halogens is 1. The molecule has 0 aliphatic rings. The second-order valence-corrected chi connectivity index (χ2v) is 7.29. The molecule has 0 fully saturated rings. The molecule has 2 aromatic heterocycles. The fourth-order valence-corrected chi connectivity index (χ4v) is 3.76. The fourth-order valence-electron chi connectivity index (χ4n) is 3.40. The van der Waals surface area contributed by atoms with Gasteiger partial charge in [0.1, 0.15) is 0 Å². The van der Waals surface area contributed by atoms with Crippen LogP contribution in [0.3, 0.4) is 0 Å². The van der Waals surface area contributed by atoms with Crippen LogP contribution in [-0.2, 0) is 11.2 Å². The molecule has 0 bridgehead atoms. The van der Waals surface area contributed by atoms with Gasteiger partial charge < -0.3 is 10.3 Å². The van der Waals surface area contributed by atoms with E-state index in [2.05, 4.69) is 55.5 Å². The lowest BCUT2D eigenvalue weighted by molar-refractivity contribution is -0.119. The molecule has 0 radical (unpaired) electrons. The first-order valence-electron chi connectivity index (χ1n) is 8.48. The summed E-state index contributed by atoms with van der Waals surface area (Å²) in [4.78, 5) is 19.9. The van der Waals surface area contributed by atoms with E-state index in [9.17, 15) is 4.79 Å². The molecule has 0 unspecified atom stereocenters. The van der Waals surface area contributed by atoms with Crippen molar-refractivity contribution < 1.29 is 4.79 Å². The van der Waals surface area contributed by atoms with E-state index in [1.165, 1.54) is 0 Å². The van der Waals surface area contributed by atoms with Crippen molar-refractivity contribution >= 4 is 43.6 Å². The quantitative estimate of drug-likeness (QED) is 0.505. The van der Waals surface area contributed by atoms with Crippen LogP contribution in [0.5, 0.6) is 0 Å². The maximum Gasteiger partial charge on any atom is 0.217 e. The Labute approximate surface area is 159 Å². The lowest BCUT2D eigenvalue weighted by Crippen LogP contribution is -2.28. The van der Waals surface area contributed by atoms with Crippen molar-refractivity contribution in [3.05, 3.63) is 76.5 Å². The molecule has 0 aliphatic carbocycles. The highest BCUT2D eigenvalue weighted by Gasteiger charge is 2.20. The van der Waals surface area contributed by atoms with E-state index in [1.54, 1.807) is 6.92 Å². The van der Waals surface area contributed by atoms with Gasteiger partial charge in [0.15, 0.2) is 0 Å². The van der Waals surface area contributed by atoms with Gasteiger partial charge in [-0.2, -0.15) is 0 Å². The lowest BCUT2D eigenvalue weighted by atomic mass is 10.0. The monoisotopic (exact) mass is 407 g/mol. The molecule has 1 atom stereocenters. The first kappa shape index (κ1) is 16.8. The van der Waals surface area contributed by atoms with Crippen LogP contribution in [0, 0.1) is 0 Å². The third-order valence-electron chi connectivity index (χ3n) is 4.50. The summed E-state index contributed by atoms with van der Waals surface area (Å²) in [6.45, 7) is 1.54. The summed E-state index contributed by atoms with van der Waals surface area (Å²) < 4.78 is 1.02. The maximum absolute atomic E-state index is 11.8. The van der Waals surface area contributed by atoms with E-state index in [0.29, 0.717) is 6.42 Å². The highest BCUT2D eigenvalue weighted by molar-refractivity contribution is 9.10. The van der Waals surface area contributed by atoms with Crippen LogP contribution in [0.1, 0.15) is 24.2 Å². The van der Waals surface area contributed by atoms with Gasteiger partial charge in [-0.05, 0) is 30.2 Å². The van der Waals surface area contributed by atoms with Gasteiger partial charge in [-0.3, -0.25) is 9.78 Å². The van der Waals surface area contributed by atoms with Crippen LogP contribution in [-0.4, -0.2) is 15.9 Å². The molecular weight excluding hydrogens is 390 g/mol. The van der Waals surface area contributed by atoms with Crippen molar-refractivity contribution in [2.24, 2.45) is 0 Å². The molecule has 130 valence electrons. The number of aromatic amines is 1. The molecule has 0 saturated carbocycles. The summed E-state index contributed by atoms with van der Waals surface area (Å²) in [7, 11) is 0. The van der Waals surface area contributed by atoms with E-state index in [1.807, 2.05) is 36.5 Å². The predicted octanol–water partition coefficient (Wildman–Crippen LogP) is 4.90. The lowest BCUT2D eigenvalue weighted by Gasteiger charge is -2.18. The first-order chi connectivity index (χ1) is 12.6. The largest absolute Gasteiger partial charge is 0.353 e. The van der Waals surface area contributed by atoms with Gasteiger partial charge in [0, 0.05) is 33.9 Å². The normalized spacial score (nSPS) is 12.4. The Kier molecular flexibility index (Phi) is 4.47. The van der Waals surface area contributed by atoms with E-state index in [4.69, 9.17) is 0 Å². The average molecular weight is 408 g/mol. The Bertz CT molecular complexity index is 1090. The van der Waals surface area contributed by atoms with E-state index in [0.717, 1.165) is 37.5 Å². The predicted molar refractivity (Wildman–Crippen MR) is 108 cm³/mol.